The zero-order valence-electron chi connectivity index (χ0n) is 8.09. The molecular weight excluding hydrogens is 196 g/mol. The van der Waals surface area contributed by atoms with E-state index in [1.807, 2.05) is 6.07 Å². The highest BCUT2D eigenvalue weighted by Crippen LogP contribution is 2.25. The number of pyridine rings is 1. The van der Waals surface area contributed by atoms with Gasteiger partial charge in [-0.1, -0.05) is 0 Å². The molecule has 1 aromatic rings. The predicted octanol–water partition coefficient (Wildman–Crippen LogP) is 1.26. The number of amides is 1. The van der Waals surface area contributed by atoms with Crippen molar-refractivity contribution < 1.29 is 14.6 Å². The summed E-state index contributed by atoms with van der Waals surface area (Å²) in [4.78, 5) is 14.2. The molecule has 0 aromatic carbocycles. The van der Waals surface area contributed by atoms with Crippen molar-refractivity contribution in [3.8, 4) is 5.75 Å². The summed E-state index contributed by atoms with van der Waals surface area (Å²) < 4.78 is 5.57. The molecular formula is C10H12N2O3. The molecule has 2 N–H and O–H groups in total. The second-order valence-electron chi connectivity index (χ2n) is 3.55. The third-order valence-corrected chi connectivity index (χ3v) is 2.36. The van der Waals surface area contributed by atoms with Gasteiger partial charge >= 0.3 is 6.09 Å². The van der Waals surface area contributed by atoms with E-state index in [1.54, 1.807) is 18.5 Å². The standard InChI is InChI=1S/C10H12N2O3/c13-10(14)12-7-4-9(5-7)15-8-2-1-3-11-6-8/h1-3,6-7,9,12H,4-5H2,(H,13,14). The molecule has 15 heavy (non-hydrogen) atoms. The van der Waals surface area contributed by atoms with Gasteiger partial charge in [0.25, 0.3) is 0 Å². The summed E-state index contributed by atoms with van der Waals surface area (Å²) in [6.45, 7) is 0. The van der Waals surface area contributed by atoms with Crippen LogP contribution in [0.1, 0.15) is 12.8 Å². The fourth-order valence-corrected chi connectivity index (χ4v) is 1.56. The van der Waals surface area contributed by atoms with Gasteiger partial charge in [-0.2, -0.15) is 0 Å². The molecule has 80 valence electrons. The van der Waals surface area contributed by atoms with Gasteiger partial charge in [0.2, 0.25) is 0 Å². The normalized spacial score (nSPS) is 24.0. The summed E-state index contributed by atoms with van der Waals surface area (Å²) in [7, 11) is 0. The first kappa shape index (κ1) is 9.76. The average molecular weight is 208 g/mol. The Morgan fingerprint density at radius 3 is 3.00 bits per heavy atom. The van der Waals surface area contributed by atoms with Crippen molar-refractivity contribution >= 4 is 6.09 Å². The summed E-state index contributed by atoms with van der Waals surface area (Å²) in [5.41, 5.74) is 0. The van der Waals surface area contributed by atoms with E-state index >= 15 is 0 Å². The van der Waals surface area contributed by atoms with E-state index in [0.29, 0.717) is 0 Å². The molecule has 0 atom stereocenters. The molecule has 0 saturated heterocycles. The van der Waals surface area contributed by atoms with Gasteiger partial charge in [-0.15, -0.1) is 0 Å². The molecule has 0 unspecified atom stereocenters. The predicted molar refractivity (Wildman–Crippen MR) is 52.8 cm³/mol. The van der Waals surface area contributed by atoms with Crippen LogP contribution in [0.2, 0.25) is 0 Å². The topological polar surface area (TPSA) is 71.5 Å². The smallest absolute Gasteiger partial charge is 0.404 e. The van der Waals surface area contributed by atoms with E-state index in [4.69, 9.17) is 9.84 Å². The first-order valence-corrected chi connectivity index (χ1v) is 4.80. The van der Waals surface area contributed by atoms with Gasteiger partial charge in [0.15, 0.2) is 0 Å². The number of nitrogens with one attached hydrogen (secondary N) is 1. The van der Waals surface area contributed by atoms with Crippen LogP contribution in [0.5, 0.6) is 5.75 Å². The average Bonchev–Trinajstić information content (AvgIpc) is 2.15. The molecule has 1 aliphatic carbocycles. The van der Waals surface area contributed by atoms with Gasteiger partial charge in [-0.25, -0.2) is 4.79 Å². The highest BCUT2D eigenvalue weighted by atomic mass is 16.5. The summed E-state index contributed by atoms with van der Waals surface area (Å²) in [5.74, 6) is 0.733. The number of ether oxygens (including phenoxy) is 1. The van der Waals surface area contributed by atoms with Crippen LogP contribution in [0.15, 0.2) is 24.5 Å². The van der Waals surface area contributed by atoms with Crippen LogP contribution in [0.4, 0.5) is 4.79 Å². The summed E-state index contributed by atoms with van der Waals surface area (Å²) in [6.07, 6.45) is 3.91. The van der Waals surface area contributed by atoms with Crippen LogP contribution in [-0.4, -0.2) is 28.3 Å². The van der Waals surface area contributed by atoms with E-state index in [9.17, 15) is 4.79 Å². The molecule has 2 rings (SSSR count). The minimum Gasteiger partial charge on any atom is -0.489 e. The Morgan fingerprint density at radius 2 is 2.40 bits per heavy atom. The van der Waals surface area contributed by atoms with Crippen LogP contribution >= 0.6 is 0 Å². The van der Waals surface area contributed by atoms with Crippen LogP contribution in [0.3, 0.4) is 0 Å². The van der Waals surface area contributed by atoms with Gasteiger partial charge < -0.3 is 15.2 Å². The largest absolute Gasteiger partial charge is 0.489 e. The summed E-state index contributed by atoms with van der Waals surface area (Å²) >= 11 is 0. The first-order valence-electron chi connectivity index (χ1n) is 4.80. The van der Waals surface area contributed by atoms with E-state index in [1.165, 1.54) is 0 Å². The monoisotopic (exact) mass is 208 g/mol. The maximum Gasteiger partial charge on any atom is 0.404 e. The Morgan fingerprint density at radius 1 is 1.60 bits per heavy atom. The third-order valence-electron chi connectivity index (χ3n) is 2.36. The summed E-state index contributed by atoms with van der Waals surface area (Å²) in [6, 6.07) is 3.68. The molecule has 0 bridgehead atoms. The fraction of sp³-hybridized carbons (Fsp3) is 0.400. The number of hydrogen-bond donors (Lipinski definition) is 2. The lowest BCUT2D eigenvalue weighted by Crippen LogP contribution is -2.48. The zero-order chi connectivity index (χ0) is 10.7. The van der Waals surface area contributed by atoms with Gasteiger partial charge in [-0.3, -0.25) is 4.98 Å². The van der Waals surface area contributed by atoms with Crippen molar-refractivity contribution in [1.82, 2.24) is 10.3 Å². The molecule has 0 spiro atoms. The van der Waals surface area contributed by atoms with Crippen molar-refractivity contribution in [3.63, 3.8) is 0 Å². The Labute approximate surface area is 87.1 Å². The Hall–Kier alpha value is -1.78. The van der Waals surface area contributed by atoms with Crippen LogP contribution in [-0.2, 0) is 0 Å². The third kappa shape index (κ3) is 2.59. The van der Waals surface area contributed by atoms with E-state index in [-0.39, 0.29) is 12.1 Å². The minimum atomic E-state index is -0.972. The van der Waals surface area contributed by atoms with E-state index in [2.05, 4.69) is 10.3 Å². The van der Waals surface area contributed by atoms with Gasteiger partial charge in [0.1, 0.15) is 11.9 Å². The lowest BCUT2D eigenvalue weighted by molar-refractivity contribution is 0.0830. The molecule has 1 amide bonds. The van der Waals surface area contributed by atoms with Crippen LogP contribution in [0, 0.1) is 0 Å². The van der Waals surface area contributed by atoms with Crippen molar-refractivity contribution in [1.29, 1.82) is 0 Å². The van der Waals surface area contributed by atoms with Gasteiger partial charge in [-0.05, 0) is 12.1 Å². The van der Waals surface area contributed by atoms with Crippen LogP contribution in [0.25, 0.3) is 0 Å². The van der Waals surface area contributed by atoms with Gasteiger partial charge in [0.05, 0.1) is 6.20 Å². The number of aromatic nitrogens is 1. The van der Waals surface area contributed by atoms with Crippen molar-refractivity contribution in [2.75, 3.05) is 0 Å². The number of carbonyl (C=O) groups is 1. The van der Waals surface area contributed by atoms with Crippen molar-refractivity contribution in [2.24, 2.45) is 0 Å². The van der Waals surface area contributed by atoms with E-state index < -0.39 is 6.09 Å². The first-order chi connectivity index (χ1) is 7.24. The molecule has 1 fully saturated rings. The lowest BCUT2D eigenvalue weighted by atomic mass is 9.89. The second-order valence-corrected chi connectivity index (χ2v) is 3.55. The fourth-order valence-electron chi connectivity index (χ4n) is 1.56. The van der Waals surface area contributed by atoms with Crippen molar-refractivity contribution in [2.45, 2.75) is 25.0 Å². The van der Waals surface area contributed by atoms with Crippen LogP contribution < -0.4 is 10.1 Å². The molecule has 5 heteroatoms. The quantitative estimate of drug-likeness (QED) is 0.784. The Bertz CT molecular complexity index is 336. The summed E-state index contributed by atoms with van der Waals surface area (Å²) in [5, 5.41) is 10.9. The lowest BCUT2D eigenvalue weighted by Gasteiger charge is -2.34. The number of nitrogens with zero attached hydrogens (tertiary/aromatic N) is 1. The molecule has 0 radical (unpaired) electrons. The SMILES string of the molecule is O=C(O)NC1CC(Oc2cccnc2)C1. The molecule has 0 aliphatic heterocycles. The Balaban J connectivity index is 1.74. The maximum absolute atomic E-state index is 10.3. The molecule has 1 aliphatic rings. The molecule has 1 aromatic heterocycles. The maximum atomic E-state index is 10.3. The highest BCUT2D eigenvalue weighted by molar-refractivity contribution is 5.65. The molecule has 1 heterocycles. The molecule has 5 nitrogen and oxygen atoms in total. The van der Waals surface area contributed by atoms with Crippen molar-refractivity contribution in [3.05, 3.63) is 24.5 Å². The number of rotatable bonds is 3. The minimum absolute atomic E-state index is 0.0316. The second kappa shape index (κ2) is 4.16. The zero-order valence-corrected chi connectivity index (χ0v) is 8.09. The van der Waals surface area contributed by atoms with Gasteiger partial charge in [0, 0.05) is 25.1 Å². The number of hydrogen-bond acceptors (Lipinski definition) is 3. The number of carboxylic acid groups (broad SMARTS) is 1. The Kier molecular flexibility index (Phi) is 2.71. The highest BCUT2D eigenvalue weighted by Gasteiger charge is 2.31. The van der Waals surface area contributed by atoms with E-state index in [0.717, 1.165) is 18.6 Å². The molecule has 1 saturated carbocycles.